The number of nitrogens with one attached hydrogen (secondary N) is 1. The number of benzene rings is 2. The number of ether oxygens (including phenoxy) is 3. The molecule has 0 aliphatic carbocycles. The summed E-state index contributed by atoms with van der Waals surface area (Å²) in [6.45, 7) is -0.467. The van der Waals surface area contributed by atoms with Crippen LogP contribution in [0.3, 0.4) is 0 Å². The van der Waals surface area contributed by atoms with Gasteiger partial charge in [0.2, 0.25) is 17.4 Å². The second kappa shape index (κ2) is 19.2. The molecule has 59 heavy (non-hydrogen) atoms. The van der Waals surface area contributed by atoms with Gasteiger partial charge < -0.3 is 14.2 Å². The van der Waals surface area contributed by atoms with Gasteiger partial charge in [0.25, 0.3) is 29.5 Å². The molecule has 0 atom stereocenters. The zero-order valence-corrected chi connectivity index (χ0v) is 32.4. The molecule has 0 fully saturated rings. The number of rotatable bonds is 11. The van der Waals surface area contributed by atoms with Gasteiger partial charge >= 0.3 is 0 Å². The Balaban J connectivity index is 0.000000224. The van der Waals surface area contributed by atoms with Crippen LogP contribution in [-0.4, -0.2) is 46.6 Å². The van der Waals surface area contributed by atoms with Crippen molar-refractivity contribution >= 4 is 46.4 Å². The van der Waals surface area contributed by atoms with Crippen molar-refractivity contribution in [1.82, 2.24) is 39.5 Å². The molecule has 0 bridgehead atoms. The van der Waals surface area contributed by atoms with Crippen molar-refractivity contribution < 1.29 is 31.8 Å². The zero-order valence-electron chi connectivity index (χ0n) is 29.3. The summed E-state index contributed by atoms with van der Waals surface area (Å²) in [7, 11) is 1.35. The second-order valence-electron chi connectivity index (χ2n) is 11.4. The summed E-state index contributed by atoms with van der Waals surface area (Å²) in [6, 6.07) is 14.0. The third kappa shape index (κ3) is 10.9. The van der Waals surface area contributed by atoms with Gasteiger partial charge in [-0.05, 0) is 48.5 Å². The molecule has 0 aliphatic rings. The molecular formula is C35H20Cl4F4N10O6. The number of hydrogen-bond donors (Lipinski definition) is 1. The van der Waals surface area contributed by atoms with Crippen LogP contribution in [0.4, 0.5) is 17.6 Å². The summed E-state index contributed by atoms with van der Waals surface area (Å²) in [5.74, 6) is -1.53. The van der Waals surface area contributed by atoms with Gasteiger partial charge in [-0.3, -0.25) is 23.5 Å². The van der Waals surface area contributed by atoms with E-state index in [0.29, 0.717) is 5.56 Å². The summed E-state index contributed by atoms with van der Waals surface area (Å²) in [5.41, 5.74) is -3.58. The highest BCUT2D eigenvalue weighted by Crippen LogP contribution is 2.32. The average Bonchev–Trinajstić information content (AvgIpc) is 3.19. The molecule has 6 aromatic rings. The van der Waals surface area contributed by atoms with E-state index in [-0.39, 0.29) is 67.5 Å². The summed E-state index contributed by atoms with van der Waals surface area (Å²) < 4.78 is 71.3. The Morgan fingerprint density at radius 2 is 1.17 bits per heavy atom. The molecule has 0 saturated heterocycles. The highest BCUT2D eigenvalue weighted by molar-refractivity contribution is 6.31. The number of H-pyrrole nitrogens is 1. The predicted octanol–water partition coefficient (Wildman–Crippen LogP) is 7.28. The summed E-state index contributed by atoms with van der Waals surface area (Å²) in [6.07, 6.45) is -4.38. The molecule has 302 valence electrons. The molecule has 0 radical (unpaired) electrons. The zero-order chi connectivity index (χ0) is 43.0. The Hall–Kier alpha value is -6.58. The Morgan fingerprint density at radius 3 is 1.63 bits per heavy atom. The standard InChI is InChI=1S/C18H11Cl2F2N5O3.C17H9Cl2F2N5O3/c1-29-17-10(4-13(20)25-26-17)7-27-8-24-14(16(21)22)15(18(27)28)30-12-3-9(6-23)2-11(19)5-12;18-10-1-8(5-22)2-11(4-10)29-14-13(15(20)21)23-7-26(17(14)28)6-9-3-12(19)24-25-16(9)27/h2-5,8,16H,7H2,1H3;1-4,7,15H,6H2,(H,25,27). The fourth-order valence-corrected chi connectivity index (χ4v) is 5.67. The van der Waals surface area contributed by atoms with E-state index in [1.165, 1.54) is 55.6 Å². The Morgan fingerprint density at radius 1 is 0.695 bits per heavy atom. The van der Waals surface area contributed by atoms with E-state index < -0.39 is 52.4 Å². The summed E-state index contributed by atoms with van der Waals surface area (Å²) >= 11 is 23.3. The number of aromatic nitrogens is 8. The minimum atomic E-state index is -3.11. The lowest BCUT2D eigenvalue weighted by molar-refractivity contribution is 0.141. The first-order valence-electron chi connectivity index (χ1n) is 15.9. The van der Waals surface area contributed by atoms with Gasteiger partial charge in [0.1, 0.15) is 16.7 Å². The summed E-state index contributed by atoms with van der Waals surface area (Å²) in [4.78, 5) is 44.7. The third-order valence-electron chi connectivity index (χ3n) is 7.43. The van der Waals surface area contributed by atoms with Crippen LogP contribution in [0.5, 0.6) is 28.9 Å². The van der Waals surface area contributed by atoms with Gasteiger partial charge in [-0.15, -0.1) is 10.2 Å². The predicted molar refractivity (Wildman–Crippen MR) is 201 cm³/mol. The summed E-state index contributed by atoms with van der Waals surface area (Å²) in [5, 5.41) is 31.3. The minimum Gasteiger partial charge on any atom is -0.480 e. The first kappa shape index (κ1) is 43.5. The maximum Gasteiger partial charge on any atom is 0.297 e. The van der Waals surface area contributed by atoms with Gasteiger partial charge in [-0.1, -0.05) is 46.4 Å². The van der Waals surface area contributed by atoms with Crippen molar-refractivity contribution in [3.8, 4) is 41.0 Å². The highest BCUT2D eigenvalue weighted by Gasteiger charge is 2.24. The molecule has 24 heteroatoms. The van der Waals surface area contributed by atoms with Gasteiger partial charge in [0, 0.05) is 21.2 Å². The smallest absolute Gasteiger partial charge is 0.297 e. The lowest BCUT2D eigenvalue weighted by Gasteiger charge is -2.14. The number of methoxy groups -OCH3 is 1. The SMILES string of the molecule is COc1nnc(Cl)cc1Cn1cnc(C(F)F)c(Oc2cc(Cl)cc(C#N)c2)c1=O.N#Cc1cc(Cl)cc(Oc2c(C(F)F)ncn(Cc3cc(Cl)n[nH]c3=O)c2=O)c1. The van der Waals surface area contributed by atoms with Crippen LogP contribution in [-0.2, 0) is 13.1 Å². The van der Waals surface area contributed by atoms with E-state index in [1.54, 1.807) is 0 Å². The minimum absolute atomic E-state index is 0.0238. The molecule has 0 spiro atoms. The van der Waals surface area contributed by atoms with Crippen LogP contribution >= 0.6 is 46.4 Å². The molecule has 6 rings (SSSR count). The van der Waals surface area contributed by atoms with Crippen LogP contribution in [0.15, 0.2) is 75.6 Å². The van der Waals surface area contributed by atoms with Crippen LogP contribution in [0.1, 0.15) is 46.5 Å². The lowest BCUT2D eigenvalue weighted by atomic mass is 10.2. The largest absolute Gasteiger partial charge is 0.480 e. The molecule has 16 nitrogen and oxygen atoms in total. The van der Waals surface area contributed by atoms with E-state index >= 15 is 0 Å². The van der Waals surface area contributed by atoms with Crippen LogP contribution in [0, 0.1) is 22.7 Å². The molecule has 0 unspecified atom stereocenters. The van der Waals surface area contributed by atoms with Crippen molar-refractivity contribution in [2.75, 3.05) is 7.11 Å². The number of nitriles is 2. The number of aromatic amines is 1. The first-order valence-corrected chi connectivity index (χ1v) is 17.4. The van der Waals surface area contributed by atoms with E-state index in [4.69, 9.17) is 71.1 Å². The van der Waals surface area contributed by atoms with Gasteiger partial charge in [0.05, 0.1) is 56.1 Å². The molecule has 2 aromatic carbocycles. The fourth-order valence-electron chi connectivity index (χ4n) is 4.88. The van der Waals surface area contributed by atoms with Crippen molar-refractivity contribution in [2.45, 2.75) is 25.9 Å². The number of halogens is 8. The van der Waals surface area contributed by atoms with Gasteiger partial charge in [-0.2, -0.15) is 15.6 Å². The van der Waals surface area contributed by atoms with Crippen LogP contribution in [0.25, 0.3) is 0 Å². The average molecular weight is 894 g/mol. The highest BCUT2D eigenvalue weighted by atomic mass is 35.5. The van der Waals surface area contributed by atoms with Crippen molar-refractivity contribution in [1.29, 1.82) is 10.5 Å². The van der Waals surface area contributed by atoms with E-state index in [1.807, 2.05) is 12.1 Å². The molecule has 4 aromatic heterocycles. The topological polar surface area (TPSA) is 217 Å². The molecule has 0 aliphatic heterocycles. The first-order chi connectivity index (χ1) is 28.1. The maximum atomic E-state index is 13.4. The monoisotopic (exact) mass is 892 g/mol. The van der Waals surface area contributed by atoms with Crippen molar-refractivity contribution in [3.63, 3.8) is 0 Å². The normalized spacial score (nSPS) is 10.7. The van der Waals surface area contributed by atoms with E-state index in [0.717, 1.165) is 21.8 Å². The van der Waals surface area contributed by atoms with E-state index in [2.05, 4.69) is 30.4 Å². The number of alkyl halides is 4. The lowest BCUT2D eigenvalue weighted by Crippen LogP contribution is -2.27. The van der Waals surface area contributed by atoms with E-state index in [9.17, 15) is 31.9 Å². The molecule has 4 heterocycles. The third-order valence-corrected chi connectivity index (χ3v) is 8.25. The quantitative estimate of drug-likeness (QED) is 0.127. The Kier molecular flexibility index (Phi) is 14.2. The van der Waals surface area contributed by atoms with Gasteiger partial charge in [0.15, 0.2) is 16.5 Å². The van der Waals surface area contributed by atoms with Crippen LogP contribution in [0.2, 0.25) is 20.4 Å². The number of nitrogens with zero attached hydrogens (tertiary/aromatic N) is 9. The second-order valence-corrected chi connectivity index (χ2v) is 13.1. The number of hydrogen-bond acceptors (Lipinski definition) is 13. The molecule has 0 amide bonds. The van der Waals surface area contributed by atoms with Crippen molar-refractivity contribution in [3.05, 3.63) is 146 Å². The Labute approximate surface area is 347 Å². The van der Waals surface area contributed by atoms with Gasteiger partial charge in [-0.25, -0.2) is 32.6 Å². The van der Waals surface area contributed by atoms with Crippen molar-refractivity contribution in [2.24, 2.45) is 0 Å². The molecule has 0 saturated carbocycles. The molecular weight excluding hydrogens is 874 g/mol. The Bertz CT molecular complexity index is 2810. The maximum absolute atomic E-state index is 13.4. The van der Waals surface area contributed by atoms with Crippen LogP contribution < -0.4 is 30.9 Å². The fraction of sp³-hybridized carbons (Fsp3) is 0.143. The molecule has 1 N–H and O–H groups in total.